The molecule has 0 saturated carbocycles. The number of carbonyl (C=O) groups is 2. The summed E-state index contributed by atoms with van der Waals surface area (Å²) in [4.78, 5) is 33.6. The molecule has 1 saturated heterocycles. The lowest BCUT2D eigenvalue weighted by molar-refractivity contribution is -0.122. The molecule has 2 aromatic rings. The molecule has 1 aliphatic heterocycles. The van der Waals surface area contributed by atoms with E-state index in [0.29, 0.717) is 57.1 Å². The number of nitrogens with zero attached hydrogens (tertiary/aromatic N) is 3. The molecule has 2 heterocycles. The van der Waals surface area contributed by atoms with E-state index in [1.807, 2.05) is 36.1 Å². The zero-order chi connectivity index (χ0) is 21.5. The number of fused-ring (bicyclic) bond motifs is 1. The minimum Gasteiger partial charge on any atom is -0.497 e. The normalized spacial score (nSPS) is 14.7. The van der Waals surface area contributed by atoms with E-state index in [1.165, 1.54) is 0 Å². The second kappa shape index (κ2) is 10.4. The standard InChI is InChI=1S/C22H30N4O4/c1-16-19(13-17-5-6-18(30-3)14-20(17)24-16)22(28)26-10-8-25(9-11-26)15-21(27)23-7-4-12-29-2/h5-6,13-14H,4,7-12,15H2,1-3H3,(H,23,27). The Bertz CT molecular complexity index is 894. The second-order valence-electron chi connectivity index (χ2n) is 7.44. The number of ether oxygens (including phenoxy) is 2. The van der Waals surface area contributed by atoms with E-state index in [-0.39, 0.29) is 11.8 Å². The van der Waals surface area contributed by atoms with Crippen LogP contribution in [0, 0.1) is 6.92 Å². The van der Waals surface area contributed by atoms with E-state index in [1.54, 1.807) is 14.2 Å². The summed E-state index contributed by atoms with van der Waals surface area (Å²) in [6.45, 7) is 6.00. The number of methoxy groups -OCH3 is 2. The quantitative estimate of drug-likeness (QED) is 0.659. The van der Waals surface area contributed by atoms with Gasteiger partial charge in [-0.15, -0.1) is 0 Å². The van der Waals surface area contributed by atoms with Crippen molar-refractivity contribution in [3.8, 4) is 5.75 Å². The van der Waals surface area contributed by atoms with Gasteiger partial charge in [-0.1, -0.05) is 0 Å². The van der Waals surface area contributed by atoms with Crippen molar-refractivity contribution >= 4 is 22.7 Å². The number of hydrogen-bond donors (Lipinski definition) is 1. The lowest BCUT2D eigenvalue weighted by Crippen LogP contribution is -2.51. The van der Waals surface area contributed by atoms with Crippen molar-refractivity contribution in [2.45, 2.75) is 13.3 Å². The molecule has 0 radical (unpaired) electrons. The predicted octanol–water partition coefficient (Wildman–Crippen LogP) is 1.46. The molecule has 162 valence electrons. The highest BCUT2D eigenvalue weighted by Gasteiger charge is 2.24. The number of nitrogens with one attached hydrogen (secondary N) is 1. The van der Waals surface area contributed by atoms with Gasteiger partial charge in [-0.2, -0.15) is 0 Å². The molecule has 3 rings (SSSR count). The second-order valence-corrected chi connectivity index (χ2v) is 7.44. The Morgan fingerprint density at radius 1 is 1.13 bits per heavy atom. The summed E-state index contributed by atoms with van der Waals surface area (Å²) in [6.07, 6.45) is 0.802. The van der Waals surface area contributed by atoms with E-state index < -0.39 is 0 Å². The Hall–Kier alpha value is -2.71. The van der Waals surface area contributed by atoms with Gasteiger partial charge >= 0.3 is 0 Å². The van der Waals surface area contributed by atoms with Crippen LogP contribution in [0.25, 0.3) is 10.9 Å². The Morgan fingerprint density at radius 2 is 1.90 bits per heavy atom. The minimum absolute atomic E-state index is 0.0101. The molecule has 1 N–H and O–H groups in total. The highest BCUT2D eigenvalue weighted by atomic mass is 16.5. The van der Waals surface area contributed by atoms with Gasteiger partial charge in [-0.05, 0) is 31.5 Å². The number of carbonyl (C=O) groups excluding carboxylic acids is 2. The van der Waals surface area contributed by atoms with Crippen LogP contribution in [0.3, 0.4) is 0 Å². The van der Waals surface area contributed by atoms with Crippen molar-refractivity contribution in [3.05, 3.63) is 35.5 Å². The first-order valence-corrected chi connectivity index (χ1v) is 10.2. The maximum atomic E-state index is 13.1. The third-order valence-electron chi connectivity index (χ3n) is 5.32. The number of rotatable bonds is 8. The summed E-state index contributed by atoms with van der Waals surface area (Å²) in [5, 5.41) is 3.81. The highest BCUT2D eigenvalue weighted by Crippen LogP contribution is 2.22. The molecule has 2 amide bonds. The van der Waals surface area contributed by atoms with Crippen molar-refractivity contribution in [2.75, 3.05) is 60.1 Å². The molecule has 1 aromatic carbocycles. The topological polar surface area (TPSA) is 84.0 Å². The molecule has 0 unspecified atom stereocenters. The summed E-state index contributed by atoms with van der Waals surface area (Å²) in [6, 6.07) is 7.56. The average Bonchev–Trinajstić information content (AvgIpc) is 2.76. The van der Waals surface area contributed by atoms with Gasteiger partial charge < -0.3 is 19.7 Å². The van der Waals surface area contributed by atoms with Crippen LogP contribution in [0.1, 0.15) is 22.5 Å². The van der Waals surface area contributed by atoms with Gasteiger partial charge in [0.2, 0.25) is 5.91 Å². The molecule has 1 fully saturated rings. The van der Waals surface area contributed by atoms with Crippen molar-refractivity contribution in [1.29, 1.82) is 0 Å². The van der Waals surface area contributed by atoms with Crippen LogP contribution in [0.15, 0.2) is 24.3 Å². The number of aryl methyl sites for hydroxylation is 1. The Labute approximate surface area is 177 Å². The van der Waals surface area contributed by atoms with Gasteiger partial charge in [-0.3, -0.25) is 19.5 Å². The van der Waals surface area contributed by atoms with Gasteiger partial charge in [0.1, 0.15) is 5.75 Å². The van der Waals surface area contributed by atoms with E-state index in [9.17, 15) is 9.59 Å². The summed E-state index contributed by atoms with van der Waals surface area (Å²) < 4.78 is 10.2. The molecular weight excluding hydrogens is 384 g/mol. The van der Waals surface area contributed by atoms with Crippen LogP contribution in [0.2, 0.25) is 0 Å². The lowest BCUT2D eigenvalue weighted by Gasteiger charge is -2.34. The number of pyridine rings is 1. The molecule has 0 atom stereocenters. The van der Waals surface area contributed by atoms with Crippen LogP contribution in [0.5, 0.6) is 5.75 Å². The SMILES string of the molecule is COCCCNC(=O)CN1CCN(C(=O)c2cc3ccc(OC)cc3nc2C)CC1. The third-order valence-corrected chi connectivity index (χ3v) is 5.32. The van der Waals surface area contributed by atoms with E-state index in [2.05, 4.69) is 15.2 Å². The van der Waals surface area contributed by atoms with Crippen LogP contribution in [-0.4, -0.2) is 86.7 Å². The molecular formula is C22H30N4O4. The molecule has 0 aliphatic carbocycles. The largest absolute Gasteiger partial charge is 0.497 e. The van der Waals surface area contributed by atoms with Crippen molar-refractivity contribution < 1.29 is 19.1 Å². The summed E-state index contributed by atoms with van der Waals surface area (Å²) in [5.41, 5.74) is 2.14. The number of piperazine rings is 1. The van der Waals surface area contributed by atoms with Gasteiger partial charge in [0, 0.05) is 57.9 Å². The fraction of sp³-hybridized carbons (Fsp3) is 0.500. The van der Waals surface area contributed by atoms with Crippen LogP contribution in [-0.2, 0) is 9.53 Å². The number of aromatic nitrogens is 1. The molecule has 0 bridgehead atoms. The van der Waals surface area contributed by atoms with Gasteiger partial charge in [0.05, 0.1) is 30.4 Å². The first-order chi connectivity index (χ1) is 14.5. The highest BCUT2D eigenvalue weighted by molar-refractivity contribution is 5.98. The van der Waals surface area contributed by atoms with Crippen LogP contribution < -0.4 is 10.1 Å². The smallest absolute Gasteiger partial charge is 0.255 e. The van der Waals surface area contributed by atoms with Crippen molar-refractivity contribution in [3.63, 3.8) is 0 Å². The third kappa shape index (κ3) is 5.46. The summed E-state index contributed by atoms with van der Waals surface area (Å²) in [5.74, 6) is 0.740. The maximum absolute atomic E-state index is 13.1. The molecule has 30 heavy (non-hydrogen) atoms. The Kier molecular flexibility index (Phi) is 7.59. The number of benzene rings is 1. The molecule has 8 heteroatoms. The Morgan fingerprint density at radius 3 is 2.60 bits per heavy atom. The summed E-state index contributed by atoms with van der Waals surface area (Å²) in [7, 11) is 3.27. The molecule has 8 nitrogen and oxygen atoms in total. The fourth-order valence-corrected chi connectivity index (χ4v) is 3.57. The van der Waals surface area contributed by atoms with E-state index >= 15 is 0 Å². The average molecular weight is 415 g/mol. The van der Waals surface area contributed by atoms with Gasteiger partial charge in [0.15, 0.2) is 0 Å². The van der Waals surface area contributed by atoms with Gasteiger partial charge in [0.25, 0.3) is 5.91 Å². The lowest BCUT2D eigenvalue weighted by atomic mass is 10.1. The van der Waals surface area contributed by atoms with Crippen molar-refractivity contribution in [2.24, 2.45) is 0 Å². The first-order valence-electron chi connectivity index (χ1n) is 10.2. The maximum Gasteiger partial charge on any atom is 0.255 e. The Balaban J connectivity index is 1.56. The molecule has 1 aromatic heterocycles. The predicted molar refractivity (Wildman–Crippen MR) is 115 cm³/mol. The fourth-order valence-electron chi connectivity index (χ4n) is 3.57. The summed E-state index contributed by atoms with van der Waals surface area (Å²) >= 11 is 0. The van der Waals surface area contributed by atoms with Crippen LogP contribution in [0.4, 0.5) is 0 Å². The number of hydrogen-bond acceptors (Lipinski definition) is 6. The van der Waals surface area contributed by atoms with E-state index in [0.717, 1.165) is 23.1 Å². The minimum atomic E-state index is -0.0126. The molecule has 0 spiro atoms. The molecule has 1 aliphatic rings. The zero-order valence-electron chi connectivity index (χ0n) is 17.9. The first kappa shape index (κ1) is 22.0. The van der Waals surface area contributed by atoms with Crippen molar-refractivity contribution in [1.82, 2.24) is 20.1 Å². The number of amides is 2. The van der Waals surface area contributed by atoms with Gasteiger partial charge in [-0.25, -0.2) is 0 Å². The van der Waals surface area contributed by atoms with Crippen LogP contribution >= 0.6 is 0 Å². The van der Waals surface area contributed by atoms with E-state index in [4.69, 9.17) is 9.47 Å². The monoisotopic (exact) mass is 414 g/mol. The zero-order valence-corrected chi connectivity index (χ0v) is 17.9.